The van der Waals surface area contributed by atoms with Crippen molar-refractivity contribution in [1.29, 1.82) is 0 Å². The van der Waals surface area contributed by atoms with Gasteiger partial charge in [0.05, 0.1) is 24.0 Å². The summed E-state index contributed by atoms with van der Waals surface area (Å²) in [5.41, 5.74) is 4.25. The molecule has 0 radical (unpaired) electrons. The van der Waals surface area contributed by atoms with Gasteiger partial charge in [-0.25, -0.2) is 19.2 Å². The lowest BCUT2D eigenvalue weighted by atomic mass is 9.92. The zero-order chi connectivity index (χ0) is 23.3. The highest BCUT2D eigenvalue weighted by Crippen LogP contribution is 2.53. The number of hydrogen-bond acceptors (Lipinski definition) is 5. The van der Waals surface area contributed by atoms with E-state index in [9.17, 15) is 4.79 Å². The van der Waals surface area contributed by atoms with E-state index in [4.69, 9.17) is 10.1 Å². The van der Waals surface area contributed by atoms with Crippen molar-refractivity contribution in [3.63, 3.8) is 0 Å². The summed E-state index contributed by atoms with van der Waals surface area (Å²) in [6, 6.07) is 19.4. The van der Waals surface area contributed by atoms with E-state index in [1.807, 2.05) is 18.2 Å². The summed E-state index contributed by atoms with van der Waals surface area (Å²) >= 11 is 1.39. The van der Waals surface area contributed by atoms with E-state index in [2.05, 4.69) is 34.3 Å². The summed E-state index contributed by atoms with van der Waals surface area (Å²) in [4.78, 5) is 21.4. The summed E-state index contributed by atoms with van der Waals surface area (Å²) in [5, 5.41) is 13.6. The number of carboxylic acids is 1. The Morgan fingerprint density at radius 2 is 1.89 bits per heavy atom. The third-order valence-corrected chi connectivity index (χ3v) is 7.31. The van der Waals surface area contributed by atoms with Crippen molar-refractivity contribution in [1.82, 2.24) is 19.7 Å². The number of aromatic nitrogens is 4. The molecule has 0 saturated heterocycles. The van der Waals surface area contributed by atoms with Crippen molar-refractivity contribution in [2.75, 3.05) is 0 Å². The maximum Gasteiger partial charge on any atom is 0.338 e. The van der Waals surface area contributed by atoms with E-state index in [-0.39, 0.29) is 35.7 Å². The highest BCUT2D eigenvalue weighted by Gasteiger charge is 2.47. The highest BCUT2D eigenvalue weighted by atomic mass is 35.5. The van der Waals surface area contributed by atoms with Crippen LogP contribution < -0.4 is 0 Å². The minimum Gasteiger partial charge on any atom is -0.478 e. The number of pyridine rings is 1. The first-order valence-electron chi connectivity index (χ1n) is 10.9. The van der Waals surface area contributed by atoms with Crippen molar-refractivity contribution in [3.05, 3.63) is 101 Å². The van der Waals surface area contributed by atoms with E-state index in [1.165, 1.54) is 40.0 Å². The predicted octanol–water partition coefficient (Wildman–Crippen LogP) is 5.94. The molecule has 1 saturated carbocycles. The fourth-order valence-corrected chi connectivity index (χ4v) is 5.32. The normalized spacial score (nSPS) is 14.0. The van der Waals surface area contributed by atoms with Crippen LogP contribution in [0.2, 0.25) is 0 Å². The first kappa shape index (κ1) is 23.1. The van der Waals surface area contributed by atoms with Crippen molar-refractivity contribution < 1.29 is 14.3 Å². The molecular weight excluding hydrogens is 487 g/mol. The van der Waals surface area contributed by atoms with Crippen LogP contribution in [0.3, 0.4) is 0 Å². The van der Waals surface area contributed by atoms with Crippen molar-refractivity contribution in [3.8, 4) is 10.6 Å². The molecule has 3 heterocycles. The fourth-order valence-electron chi connectivity index (χ4n) is 4.35. The van der Waals surface area contributed by atoms with Gasteiger partial charge in [0.25, 0.3) is 0 Å². The number of carbonyl (C=O) groups is 1. The molecule has 1 fully saturated rings. The van der Waals surface area contributed by atoms with E-state index in [0.29, 0.717) is 16.1 Å². The first-order chi connectivity index (χ1) is 16.5. The van der Waals surface area contributed by atoms with Gasteiger partial charge in [0.2, 0.25) is 0 Å². The number of thiazole rings is 1. The summed E-state index contributed by atoms with van der Waals surface area (Å²) in [6.07, 6.45) is 4.84. The van der Waals surface area contributed by atoms with Crippen LogP contribution in [0.25, 0.3) is 20.9 Å². The number of rotatable bonds is 6. The molecule has 0 spiro atoms. The summed E-state index contributed by atoms with van der Waals surface area (Å²) in [5.74, 6) is -1.43. The van der Waals surface area contributed by atoms with E-state index in [0.717, 1.165) is 28.9 Å². The molecule has 1 aliphatic rings. The second kappa shape index (κ2) is 8.87. The monoisotopic (exact) mass is 506 g/mol. The first-order valence-corrected chi connectivity index (χ1v) is 11.7. The zero-order valence-electron chi connectivity index (χ0n) is 18.4. The van der Waals surface area contributed by atoms with Gasteiger partial charge in [-0.1, -0.05) is 47.7 Å². The molecule has 6 nitrogen and oxygen atoms in total. The van der Waals surface area contributed by atoms with Crippen LogP contribution in [0.15, 0.2) is 73.1 Å². The Labute approximate surface area is 210 Å². The van der Waals surface area contributed by atoms with Crippen LogP contribution in [-0.2, 0) is 12.0 Å². The molecule has 5 aromatic rings. The lowest BCUT2D eigenvalue weighted by Gasteiger charge is -2.14. The Bertz CT molecular complexity index is 1550. The molecule has 6 rings (SSSR count). The quantitative estimate of drug-likeness (QED) is 0.308. The van der Waals surface area contributed by atoms with Crippen LogP contribution in [-0.4, -0.2) is 30.8 Å². The Morgan fingerprint density at radius 3 is 2.57 bits per heavy atom. The summed E-state index contributed by atoms with van der Waals surface area (Å²) in [7, 11) is 0. The molecule has 35 heavy (non-hydrogen) atoms. The molecule has 0 atom stereocenters. The van der Waals surface area contributed by atoms with Crippen LogP contribution in [0.4, 0.5) is 4.39 Å². The van der Waals surface area contributed by atoms with Gasteiger partial charge in [-0.3, -0.25) is 4.68 Å². The van der Waals surface area contributed by atoms with Crippen molar-refractivity contribution in [2.45, 2.75) is 24.8 Å². The molecule has 0 amide bonds. The molecule has 0 unspecified atom stereocenters. The summed E-state index contributed by atoms with van der Waals surface area (Å²) < 4.78 is 16.5. The van der Waals surface area contributed by atoms with Crippen LogP contribution in [0.1, 0.15) is 40.0 Å². The molecular formula is C26H20ClFN4O2S. The number of benzene rings is 2. The molecule has 176 valence electrons. The van der Waals surface area contributed by atoms with Gasteiger partial charge >= 0.3 is 5.97 Å². The van der Waals surface area contributed by atoms with E-state index >= 15 is 4.39 Å². The Hall–Kier alpha value is -3.62. The van der Waals surface area contributed by atoms with Crippen LogP contribution in [0, 0.1) is 5.82 Å². The minimum absolute atomic E-state index is 0. The lowest BCUT2D eigenvalue weighted by molar-refractivity contribution is 0.0696. The third-order valence-electron chi connectivity index (χ3n) is 6.31. The topological polar surface area (TPSA) is 80.9 Å². The Morgan fingerprint density at radius 1 is 1.09 bits per heavy atom. The number of halogens is 2. The lowest BCUT2D eigenvalue weighted by Crippen LogP contribution is -2.10. The number of fused-ring (bicyclic) bond motifs is 1. The molecule has 1 N–H and O–H groups in total. The molecule has 2 aromatic carbocycles. The smallest absolute Gasteiger partial charge is 0.338 e. The van der Waals surface area contributed by atoms with Gasteiger partial charge in [0.1, 0.15) is 21.2 Å². The highest BCUT2D eigenvalue weighted by molar-refractivity contribution is 7.21. The molecule has 1 aliphatic carbocycles. The standard InChI is InChI=1S/C26H19FN4O2S.ClH/c27-20-12-16(14-31-15-17(13-28-31)25(32)33)6-7-19(20)23-29-21-8-9-22(30-24(21)34-23)26(10-11-26)18-4-2-1-3-5-18;/h1-9,12-13,15H,10-11,14H2,(H,32,33);1H. The zero-order valence-corrected chi connectivity index (χ0v) is 20.0. The van der Waals surface area contributed by atoms with Crippen LogP contribution in [0.5, 0.6) is 0 Å². The van der Waals surface area contributed by atoms with Crippen molar-refractivity contribution >= 4 is 40.1 Å². The van der Waals surface area contributed by atoms with Crippen molar-refractivity contribution in [2.24, 2.45) is 0 Å². The predicted molar refractivity (Wildman–Crippen MR) is 135 cm³/mol. The largest absolute Gasteiger partial charge is 0.478 e. The summed E-state index contributed by atoms with van der Waals surface area (Å²) in [6.45, 7) is 0.275. The fraction of sp³-hybridized carbons (Fsp3) is 0.154. The molecule has 0 aliphatic heterocycles. The van der Waals surface area contributed by atoms with Gasteiger partial charge in [0.15, 0.2) is 0 Å². The Kier molecular flexibility index (Phi) is 5.86. The molecule has 0 bridgehead atoms. The van der Waals surface area contributed by atoms with Gasteiger partial charge in [-0.05, 0) is 48.2 Å². The maximum absolute atomic E-state index is 15.0. The second-order valence-corrected chi connectivity index (χ2v) is 9.51. The number of carboxylic acid groups (broad SMARTS) is 1. The van der Waals surface area contributed by atoms with Gasteiger partial charge in [-0.2, -0.15) is 5.10 Å². The average molecular weight is 507 g/mol. The third kappa shape index (κ3) is 4.19. The Balaban J connectivity index is 0.00000253. The molecule has 3 aromatic heterocycles. The number of nitrogens with zero attached hydrogens (tertiary/aromatic N) is 4. The SMILES string of the molecule is Cl.O=C(O)c1cnn(Cc2ccc(-c3nc4ccc(C5(c6ccccc6)CC5)nc4s3)c(F)c2)c1. The average Bonchev–Trinajstić information content (AvgIpc) is 3.32. The number of hydrogen-bond donors (Lipinski definition) is 1. The minimum atomic E-state index is -1.04. The van der Waals surface area contributed by atoms with Gasteiger partial charge < -0.3 is 5.11 Å². The van der Waals surface area contributed by atoms with E-state index in [1.54, 1.807) is 12.1 Å². The molecule has 9 heteroatoms. The van der Waals surface area contributed by atoms with E-state index < -0.39 is 5.97 Å². The maximum atomic E-state index is 15.0. The number of aromatic carboxylic acids is 1. The van der Waals surface area contributed by atoms with Gasteiger partial charge in [-0.15, -0.1) is 12.4 Å². The second-order valence-electron chi connectivity index (χ2n) is 8.53. The van der Waals surface area contributed by atoms with Crippen LogP contribution >= 0.6 is 23.7 Å². The van der Waals surface area contributed by atoms with Gasteiger partial charge in [0, 0.05) is 17.2 Å².